The van der Waals surface area contributed by atoms with Crippen molar-refractivity contribution in [1.29, 1.82) is 5.41 Å². The van der Waals surface area contributed by atoms with Crippen LogP contribution in [-0.4, -0.2) is 76.9 Å². The predicted octanol–water partition coefficient (Wildman–Crippen LogP) is 6.25. The van der Waals surface area contributed by atoms with Gasteiger partial charge in [-0.1, -0.05) is 54.6 Å². The number of aromatic nitrogens is 2. The summed E-state index contributed by atoms with van der Waals surface area (Å²) in [5.74, 6) is 0.619. The number of imidazole rings is 1. The van der Waals surface area contributed by atoms with Crippen LogP contribution in [0.15, 0.2) is 91.0 Å². The molecule has 0 unspecified atom stereocenters. The molecule has 9 nitrogen and oxygen atoms in total. The van der Waals surface area contributed by atoms with Gasteiger partial charge >= 0.3 is 6.18 Å². The molecule has 1 fully saturated rings. The molecule has 53 heavy (non-hydrogen) atoms. The van der Waals surface area contributed by atoms with Gasteiger partial charge in [0.15, 0.2) is 0 Å². The van der Waals surface area contributed by atoms with E-state index >= 15 is 0 Å². The number of halogens is 3. The number of piperazine rings is 1. The average molecular weight is 725 g/mol. The highest BCUT2D eigenvalue weighted by Crippen LogP contribution is 2.30. The first-order valence-corrected chi connectivity index (χ1v) is 18.1. The number of amides is 1. The molecule has 5 N–H and O–H groups in total. The van der Waals surface area contributed by atoms with Crippen molar-refractivity contribution < 1.29 is 18.0 Å². The molecule has 278 valence electrons. The SMILES string of the molecule is Cc1ccccc1N1CCN(CCCn2c(CCc3ccc(C(=N)N)cc3)nc3cc(C(=O)N(CCN)Cc4cccc(C(F)(F)F)c4)ccc32)CC1. The summed E-state index contributed by atoms with van der Waals surface area (Å²) in [6.07, 6.45) is -2.15. The van der Waals surface area contributed by atoms with Gasteiger partial charge in [-0.3, -0.25) is 15.1 Å². The van der Waals surface area contributed by atoms with Crippen LogP contribution in [0.4, 0.5) is 18.9 Å². The van der Waals surface area contributed by atoms with Gasteiger partial charge < -0.3 is 25.8 Å². The van der Waals surface area contributed by atoms with Gasteiger partial charge in [-0.2, -0.15) is 13.2 Å². The Morgan fingerprint density at radius 3 is 2.30 bits per heavy atom. The first kappa shape index (κ1) is 37.6. The Bertz CT molecular complexity index is 2030. The number of nitrogens with two attached hydrogens (primary N) is 2. The highest BCUT2D eigenvalue weighted by atomic mass is 19.4. The summed E-state index contributed by atoms with van der Waals surface area (Å²) in [6, 6.07) is 26.7. The molecule has 1 aliphatic heterocycles. The van der Waals surface area contributed by atoms with Crippen LogP contribution < -0.4 is 16.4 Å². The molecule has 0 radical (unpaired) electrons. The third-order valence-electron chi connectivity index (χ3n) is 9.97. The second kappa shape index (κ2) is 16.6. The molecule has 0 aliphatic carbocycles. The second-order valence-corrected chi connectivity index (χ2v) is 13.7. The standard InChI is InChI=1S/C41H47F3N8O/c1-29-6-2-3-9-36(29)50-24-22-49(23-25-50)19-5-20-52-37-16-15-33(27-35(37)48-38(52)17-12-30-10-13-32(14-11-30)39(46)47)40(53)51(21-18-45)28-31-7-4-8-34(26-31)41(42,43)44/h2-4,6-11,13-16,26-27H,5,12,17-25,28,45H2,1H3,(H3,46,47). The highest BCUT2D eigenvalue weighted by Gasteiger charge is 2.30. The number of hydrogen-bond donors (Lipinski definition) is 3. The lowest BCUT2D eigenvalue weighted by atomic mass is 10.1. The molecule has 1 saturated heterocycles. The van der Waals surface area contributed by atoms with E-state index < -0.39 is 11.7 Å². The fourth-order valence-electron chi connectivity index (χ4n) is 7.10. The van der Waals surface area contributed by atoms with Crippen LogP contribution in [0.3, 0.4) is 0 Å². The normalized spacial score (nSPS) is 13.8. The van der Waals surface area contributed by atoms with Crippen LogP contribution in [0.2, 0.25) is 0 Å². The van der Waals surface area contributed by atoms with Crippen LogP contribution in [0.5, 0.6) is 0 Å². The molecule has 1 aromatic heterocycles. The number of aryl methyl sites for hydroxylation is 4. The first-order chi connectivity index (χ1) is 25.5. The first-order valence-electron chi connectivity index (χ1n) is 18.1. The van der Waals surface area contributed by atoms with Crippen molar-refractivity contribution >= 4 is 28.5 Å². The Hall–Kier alpha value is -5.20. The quantitative estimate of drug-likeness (QED) is 0.0921. The maximum atomic E-state index is 13.8. The minimum absolute atomic E-state index is 0.000680. The van der Waals surface area contributed by atoms with Crippen molar-refractivity contribution in [3.8, 4) is 0 Å². The Kier molecular flexibility index (Phi) is 11.8. The molecule has 2 heterocycles. The lowest BCUT2D eigenvalue weighted by Crippen LogP contribution is -2.47. The summed E-state index contributed by atoms with van der Waals surface area (Å²) >= 11 is 0. The summed E-state index contributed by atoms with van der Waals surface area (Å²) in [5, 5.41) is 7.70. The number of amidine groups is 1. The molecule has 0 atom stereocenters. The molecule has 0 spiro atoms. The number of carbonyl (C=O) groups is 1. The lowest BCUT2D eigenvalue weighted by molar-refractivity contribution is -0.137. The predicted molar refractivity (Wildman–Crippen MR) is 204 cm³/mol. The zero-order valence-electron chi connectivity index (χ0n) is 30.1. The van der Waals surface area contributed by atoms with Crippen molar-refractivity contribution in [1.82, 2.24) is 19.4 Å². The summed E-state index contributed by atoms with van der Waals surface area (Å²) in [7, 11) is 0. The van der Waals surface area contributed by atoms with Crippen LogP contribution in [0.25, 0.3) is 11.0 Å². The number of nitrogen functional groups attached to an aromatic ring is 1. The molecule has 1 aliphatic rings. The van der Waals surface area contributed by atoms with Gasteiger partial charge in [0.2, 0.25) is 0 Å². The van der Waals surface area contributed by atoms with Crippen molar-refractivity contribution in [3.63, 3.8) is 0 Å². The van der Waals surface area contributed by atoms with Crippen molar-refractivity contribution in [2.45, 2.75) is 45.5 Å². The van der Waals surface area contributed by atoms with Crippen LogP contribution >= 0.6 is 0 Å². The Morgan fingerprint density at radius 2 is 1.60 bits per heavy atom. The number of nitrogens with zero attached hydrogens (tertiary/aromatic N) is 5. The van der Waals surface area contributed by atoms with E-state index in [1.807, 2.05) is 30.3 Å². The molecular formula is C41H47F3N8O. The largest absolute Gasteiger partial charge is 0.416 e. The fourth-order valence-corrected chi connectivity index (χ4v) is 7.10. The van der Waals surface area contributed by atoms with E-state index in [1.54, 1.807) is 18.2 Å². The van der Waals surface area contributed by atoms with Gasteiger partial charge in [0, 0.05) is 75.6 Å². The number of nitrogens with one attached hydrogen (secondary N) is 1. The molecule has 5 aromatic rings. The Balaban J connectivity index is 1.19. The second-order valence-electron chi connectivity index (χ2n) is 13.7. The van der Waals surface area contributed by atoms with Crippen molar-refractivity contribution in [2.24, 2.45) is 11.5 Å². The van der Waals surface area contributed by atoms with Crippen molar-refractivity contribution in [3.05, 3.63) is 130 Å². The number of anilines is 1. The van der Waals surface area contributed by atoms with Crippen LogP contribution in [0, 0.1) is 12.3 Å². The summed E-state index contributed by atoms with van der Waals surface area (Å²) in [4.78, 5) is 25.3. The minimum atomic E-state index is -4.48. The van der Waals surface area contributed by atoms with E-state index in [4.69, 9.17) is 21.9 Å². The van der Waals surface area contributed by atoms with Gasteiger partial charge in [-0.25, -0.2) is 4.98 Å². The molecular weight excluding hydrogens is 678 g/mol. The van der Waals surface area contributed by atoms with Crippen LogP contribution in [0.1, 0.15) is 50.4 Å². The van der Waals surface area contributed by atoms with E-state index in [9.17, 15) is 18.0 Å². The Morgan fingerprint density at radius 1 is 0.868 bits per heavy atom. The van der Waals surface area contributed by atoms with Gasteiger partial charge in [0.05, 0.1) is 16.6 Å². The zero-order chi connectivity index (χ0) is 37.5. The Labute approximate surface area is 308 Å². The molecule has 12 heteroatoms. The fraction of sp³-hybridized carbons (Fsp3) is 0.341. The number of fused-ring (bicyclic) bond motifs is 1. The number of alkyl halides is 3. The van der Waals surface area contributed by atoms with Gasteiger partial charge in [-0.05, 0) is 79.4 Å². The van der Waals surface area contributed by atoms with E-state index in [2.05, 4.69) is 45.6 Å². The summed E-state index contributed by atoms with van der Waals surface area (Å²) in [6.45, 7) is 8.18. The maximum absolute atomic E-state index is 13.8. The number of carbonyl (C=O) groups excluding carboxylic acids is 1. The molecule has 0 saturated carbocycles. The van der Waals surface area contributed by atoms with E-state index in [0.717, 1.165) is 81.1 Å². The van der Waals surface area contributed by atoms with Gasteiger partial charge in [0.1, 0.15) is 11.7 Å². The van der Waals surface area contributed by atoms with E-state index in [0.29, 0.717) is 28.6 Å². The third kappa shape index (κ3) is 9.24. The topological polar surface area (TPSA) is 120 Å². The van der Waals surface area contributed by atoms with Gasteiger partial charge in [-0.15, -0.1) is 0 Å². The monoisotopic (exact) mass is 724 g/mol. The summed E-state index contributed by atoms with van der Waals surface area (Å²) in [5.41, 5.74) is 17.5. The highest BCUT2D eigenvalue weighted by molar-refractivity contribution is 5.97. The minimum Gasteiger partial charge on any atom is -0.384 e. The maximum Gasteiger partial charge on any atom is 0.416 e. The lowest BCUT2D eigenvalue weighted by Gasteiger charge is -2.36. The number of hydrogen-bond acceptors (Lipinski definition) is 6. The average Bonchev–Trinajstić information content (AvgIpc) is 3.50. The number of benzene rings is 4. The van der Waals surface area contributed by atoms with Gasteiger partial charge in [0.25, 0.3) is 5.91 Å². The summed E-state index contributed by atoms with van der Waals surface area (Å²) < 4.78 is 42.4. The van der Waals surface area contributed by atoms with E-state index in [-0.39, 0.29) is 31.4 Å². The number of para-hydroxylation sites is 1. The third-order valence-corrected chi connectivity index (χ3v) is 9.97. The number of rotatable bonds is 14. The zero-order valence-corrected chi connectivity index (χ0v) is 30.1. The van der Waals surface area contributed by atoms with Crippen LogP contribution in [-0.2, 0) is 32.1 Å². The molecule has 4 aromatic carbocycles. The van der Waals surface area contributed by atoms with Crippen molar-refractivity contribution in [2.75, 3.05) is 50.7 Å². The molecule has 6 rings (SSSR count). The van der Waals surface area contributed by atoms with E-state index in [1.165, 1.54) is 22.2 Å². The molecule has 1 amide bonds. The smallest absolute Gasteiger partial charge is 0.384 e. The molecule has 0 bridgehead atoms.